The van der Waals surface area contributed by atoms with E-state index in [2.05, 4.69) is 5.32 Å². The minimum atomic E-state index is -0.843. The van der Waals surface area contributed by atoms with Crippen LogP contribution in [-0.2, 0) is 16.0 Å². The summed E-state index contributed by atoms with van der Waals surface area (Å²) >= 11 is 0. The van der Waals surface area contributed by atoms with Crippen molar-refractivity contribution in [3.05, 3.63) is 35.9 Å². The van der Waals surface area contributed by atoms with Crippen LogP contribution >= 0.6 is 0 Å². The van der Waals surface area contributed by atoms with Gasteiger partial charge in [0, 0.05) is 26.1 Å². The van der Waals surface area contributed by atoms with Gasteiger partial charge >= 0.3 is 12.0 Å². The van der Waals surface area contributed by atoms with E-state index in [9.17, 15) is 9.59 Å². The Kier molecular flexibility index (Phi) is 6.87. The van der Waals surface area contributed by atoms with Crippen LogP contribution in [0.5, 0.6) is 0 Å². The van der Waals surface area contributed by atoms with E-state index in [4.69, 9.17) is 9.84 Å². The fraction of sp³-hybridized carbons (Fsp3) is 0.529. The van der Waals surface area contributed by atoms with Crippen LogP contribution in [0.15, 0.2) is 30.3 Å². The molecule has 0 bridgehead atoms. The van der Waals surface area contributed by atoms with E-state index in [-0.39, 0.29) is 18.5 Å². The molecule has 2 N–H and O–H groups in total. The fourth-order valence-corrected chi connectivity index (χ4v) is 2.65. The first kappa shape index (κ1) is 17.3. The Morgan fingerprint density at radius 2 is 2.09 bits per heavy atom. The maximum atomic E-state index is 12.4. The van der Waals surface area contributed by atoms with Crippen molar-refractivity contribution in [2.75, 3.05) is 26.3 Å². The van der Waals surface area contributed by atoms with Crippen molar-refractivity contribution in [1.82, 2.24) is 10.2 Å². The number of carbonyl (C=O) groups excluding carboxylic acids is 1. The van der Waals surface area contributed by atoms with E-state index >= 15 is 0 Å². The molecule has 1 atom stereocenters. The van der Waals surface area contributed by atoms with Gasteiger partial charge in [0.15, 0.2) is 0 Å². The van der Waals surface area contributed by atoms with Gasteiger partial charge < -0.3 is 20.1 Å². The Labute approximate surface area is 136 Å². The number of ether oxygens (including phenoxy) is 1. The standard InChI is InChI=1S/C17H24N2O4/c20-16(21)7-4-10-18-17(22)19(15-9-12-23-13-15)11-8-14-5-2-1-3-6-14/h1-3,5-6,15H,4,7-13H2,(H,18,22)(H,20,21). The summed E-state index contributed by atoms with van der Waals surface area (Å²) < 4.78 is 5.40. The van der Waals surface area contributed by atoms with Crippen molar-refractivity contribution in [3.8, 4) is 0 Å². The predicted molar refractivity (Wildman–Crippen MR) is 86.3 cm³/mol. The number of nitrogens with one attached hydrogen (secondary N) is 1. The molecule has 1 aromatic rings. The van der Waals surface area contributed by atoms with Gasteiger partial charge in [-0.15, -0.1) is 0 Å². The van der Waals surface area contributed by atoms with Gasteiger partial charge in [-0.2, -0.15) is 0 Å². The Morgan fingerprint density at radius 3 is 2.74 bits per heavy atom. The SMILES string of the molecule is O=C(O)CCCNC(=O)N(CCc1ccccc1)C1CCOC1. The van der Waals surface area contributed by atoms with E-state index in [1.807, 2.05) is 35.2 Å². The monoisotopic (exact) mass is 320 g/mol. The summed E-state index contributed by atoms with van der Waals surface area (Å²) in [4.78, 5) is 24.7. The third-order valence-corrected chi connectivity index (χ3v) is 3.94. The van der Waals surface area contributed by atoms with Crippen LogP contribution in [-0.4, -0.2) is 54.4 Å². The van der Waals surface area contributed by atoms with E-state index < -0.39 is 5.97 Å². The van der Waals surface area contributed by atoms with Crippen molar-refractivity contribution in [2.45, 2.75) is 31.7 Å². The summed E-state index contributed by atoms with van der Waals surface area (Å²) in [6.07, 6.45) is 2.14. The summed E-state index contributed by atoms with van der Waals surface area (Å²) in [5.74, 6) is -0.843. The second kappa shape index (κ2) is 9.15. The third kappa shape index (κ3) is 5.90. The highest BCUT2D eigenvalue weighted by Gasteiger charge is 2.26. The van der Waals surface area contributed by atoms with Crippen LogP contribution in [0.4, 0.5) is 4.79 Å². The van der Waals surface area contributed by atoms with Gasteiger partial charge in [-0.3, -0.25) is 4.79 Å². The molecule has 1 aromatic carbocycles. The summed E-state index contributed by atoms with van der Waals surface area (Å²) in [7, 11) is 0. The predicted octanol–water partition coefficient (Wildman–Crippen LogP) is 1.89. The van der Waals surface area contributed by atoms with Crippen molar-refractivity contribution in [2.24, 2.45) is 0 Å². The first-order valence-electron chi connectivity index (χ1n) is 8.05. The van der Waals surface area contributed by atoms with E-state index in [1.54, 1.807) is 0 Å². The van der Waals surface area contributed by atoms with E-state index in [0.717, 1.165) is 12.8 Å². The number of carbonyl (C=O) groups is 2. The highest BCUT2D eigenvalue weighted by atomic mass is 16.5. The second-order valence-corrected chi connectivity index (χ2v) is 5.68. The highest BCUT2D eigenvalue weighted by Crippen LogP contribution is 2.14. The number of hydrogen-bond donors (Lipinski definition) is 2. The number of rotatable bonds is 8. The quantitative estimate of drug-likeness (QED) is 0.717. The number of benzene rings is 1. The topological polar surface area (TPSA) is 78.9 Å². The molecule has 1 aliphatic rings. The number of hydrogen-bond acceptors (Lipinski definition) is 3. The largest absolute Gasteiger partial charge is 0.481 e. The molecule has 0 aliphatic carbocycles. The van der Waals surface area contributed by atoms with Crippen LogP contribution in [0.1, 0.15) is 24.8 Å². The Balaban J connectivity index is 1.85. The van der Waals surface area contributed by atoms with Gasteiger partial charge in [0.1, 0.15) is 0 Å². The normalized spacial score (nSPS) is 17.0. The van der Waals surface area contributed by atoms with Crippen LogP contribution in [0.25, 0.3) is 0 Å². The van der Waals surface area contributed by atoms with Crippen molar-refractivity contribution >= 4 is 12.0 Å². The number of aliphatic carboxylic acids is 1. The van der Waals surface area contributed by atoms with Crippen molar-refractivity contribution < 1.29 is 19.4 Å². The summed E-state index contributed by atoms with van der Waals surface area (Å²) in [5.41, 5.74) is 1.19. The molecule has 23 heavy (non-hydrogen) atoms. The molecule has 2 rings (SSSR count). The van der Waals surface area contributed by atoms with Crippen LogP contribution < -0.4 is 5.32 Å². The molecule has 1 unspecified atom stereocenters. The molecular formula is C17H24N2O4. The molecular weight excluding hydrogens is 296 g/mol. The molecule has 6 nitrogen and oxygen atoms in total. The van der Waals surface area contributed by atoms with Crippen molar-refractivity contribution in [3.63, 3.8) is 0 Å². The van der Waals surface area contributed by atoms with Crippen molar-refractivity contribution in [1.29, 1.82) is 0 Å². The molecule has 1 saturated heterocycles. The van der Waals surface area contributed by atoms with E-state index in [1.165, 1.54) is 5.56 Å². The number of nitrogens with zero attached hydrogens (tertiary/aromatic N) is 1. The summed E-state index contributed by atoms with van der Waals surface area (Å²) in [6, 6.07) is 10.0. The molecule has 1 aliphatic heterocycles. The average molecular weight is 320 g/mol. The molecule has 0 spiro atoms. The number of carboxylic acids is 1. The molecule has 2 amide bonds. The van der Waals surface area contributed by atoms with Crippen LogP contribution in [0.2, 0.25) is 0 Å². The Morgan fingerprint density at radius 1 is 1.30 bits per heavy atom. The first-order chi connectivity index (χ1) is 11.2. The lowest BCUT2D eigenvalue weighted by Gasteiger charge is -2.28. The lowest BCUT2D eigenvalue weighted by molar-refractivity contribution is -0.137. The zero-order valence-electron chi connectivity index (χ0n) is 13.2. The van der Waals surface area contributed by atoms with Crippen LogP contribution in [0, 0.1) is 0 Å². The average Bonchev–Trinajstić information content (AvgIpc) is 3.07. The van der Waals surface area contributed by atoms with Gasteiger partial charge in [-0.05, 0) is 24.8 Å². The van der Waals surface area contributed by atoms with Gasteiger partial charge in [0.25, 0.3) is 0 Å². The van der Waals surface area contributed by atoms with Gasteiger partial charge in [0.2, 0.25) is 0 Å². The maximum absolute atomic E-state index is 12.4. The lowest BCUT2D eigenvalue weighted by Crippen LogP contribution is -2.47. The zero-order valence-corrected chi connectivity index (χ0v) is 13.2. The fourth-order valence-electron chi connectivity index (χ4n) is 2.65. The minimum Gasteiger partial charge on any atom is -0.481 e. The lowest BCUT2D eigenvalue weighted by atomic mass is 10.1. The van der Waals surface area contributed by atoms with E-state index in [0.29, 0.717) is 32.7 Å². The summed E-state index contributed by atoms with van der Waals surface area (Å²) in [6.45, 7) is 2.25. The number of urea groups is 1. The second-order valence-electron chi connectivity index (χ2n) is 5.68. The van der Waals surface area contributed by atoms with Crippen LogP contribution in [0.3, 0.4) is 0 Å². The Bertz CT molecular complexity index is 501. The van der Waals surface area contributed by atoms with Gasteiger partial charge in [-0.1, -0.05) is 30.3 Å². The summed E-state index contributed by atoms with van der Waals surface area (Å²) in [5, 5.41) is 11.5. The molecule has 0 radical (unpaired) electrons. The highest BCUT2D eigenvalue weighted by molar-refractivity contribution is 5.74. The number of carboxylic acid groups (broad SMARTS) is 1. The zero-order chi connectivity index (χ0) is 16.5. The maximum Gasteiger partial charge on any atom is 0.317 e. The molecule has 0 aromatic heterocycles. The van der Waals surface area contributed by atoms with Gasteiger partial charge in [-0.25, -0.2) is 4.79 Å². The third-order valence-electron chi connectivity index (χ3n) is 3.94. The first-order valence-corrected chi connectivity index (χ1v) is 8.05. The Hall–Kier alpha value is -2.08. The smallest absolute Gasteiger partial charge is 0.317 e. The molecule has 0 saturated carbocycles. The molecule has 126 valence electrons. The van der Waals surface area contributed by atoms with Gasteiger partial charge in [0.05, 0.1) is 12.6 Å². The minimum absolute atomic E-state index is 0.0663. The molecule has 1 fully saturated rings. The molecule has 6 heteroatoms. The molecule has 1 heterocycles. The number of amides is 2.